The monoisotopic (exact) mass is 428 g/mol. The van der Waals surface area contributed by atoms with Crippen molar-refractivity contribution < 1.29 is 0 Å². The average molecular weight is 429 g/mol. The third kappa shape index (κ3) is 4.41. The molecule has 0 spiro atoms. The molecule has 166 valence electrons. The van der Waals surface area contributed by atoms with Gasteiger partial charge in [-0.3, -0.25) is 0 Å². The number of hydrogen-bond donors (Lipinski definition) is 3. The molecular formula is C26H32N6. The lowest BCUT2D eigenvalue weighted by Gasteiger charge is -2.29. The highest BCUT2D eigenvalue weighted by atomic mass is 15.2. The van der Waals surface area contributed by atoms with Gasteiger partial charge < -0.3 is 20.5 Å². The highest BCUT2D eigenvalue weighted by molar-refractivity contribution is 5.90. The number of anilines is 2. The van der Waals surface area contributed by atoms with Crippen molar-refractivity contribution >= 4 is 33.6 Å². The molecule has 0 unspecified atom stereocenters. The van der Waals surface area contributed by atoms with Gasteiger partial charge >= 0.3 is 0 Å². The molecular weight excluding hydrogens is 396 g/mol. The Kier molecular flexibility index (Phi) is 5.95. The van der Waals surface area contributed by atoms with Gasteiger partial charge in [-0.05, 0) is 61.9 Å². The molecule has 1 fully saturated rings. The Labute approximate surface area is 189 Å². The maximum Gasteiger partial charge on any atom is 0.225 e. The van der Waals surface area contributed by atoms with E-state index in [0.29, 0.717) is 6.04 Å². The molecule has 5 rings (SSSR count). The number of nitrogens with zero attached hydrogens (tertiary/aromatic N) is 3. The topological polar surface area (TPSA) is 68.9 Å². The number of rotatable bonds is 7. The average Bonchev–Trinajstić information content (AvgIpc) is 3.23. The second kappa shape index (κ2) is 9.17. The van der Waals surface area contributed by atoms with E-state index < -0.39 is 0 Å². The minimum Gasteiger partial charge on any atom is -0.362 e. The first-order valence-electron chi connectivity index (χ1n) is 11.6. The Balaban J connectivity index is 1.14. The smallest absolute Gasteiger partial charge is 0.225 e. The molecule has 0 bridgehead atoms. The number of fused-ring (bicyclic) bond motifs is 2. The molecule has 0 saturated heterocycles. The number of benzene rings is 2. The first-order valence-corrected chi connectivity index (χ1v) is 11.6. The summed E-state index contributed by atoms with van der Waals surface area (Å²) in [7, 11) is 4.07. The molecule has 1 aliphatic carbocycles. The van der Waals surface area contributed by atoms with E-state index in [1.165, 1.54) is 29.3 Å². The molecule has 0 aliphatic heterocycles. The molecule has 0 radical (unpaired) electrons. The van der Waals surface area contributed by atoms with Crippen LogP contribution in [0, 0.1) is 5.92 Å². The van der Waals surface area contributed by atoms with Crippen LogP contribution < -0.4 is 15.5 Å². The predicted octanol–water partition coefficient (Wildman–Crippen LogP) is 4.94. The molecule has 4 aromatic rings. The fourth-order valence-corrected chi connectivity index (χ4v) is 4.85. The van der Waals surface area contributed by atoms with E-state index >= 15 is 0 Å². The number of aromatic amines is 1. The van der Waals surface area contributed by atoms with Crippen LogP contribution in [-0.4, -0.2) is 41.6 Å². The maximum absolute atomic E-state index is 4.80. The molecule has 3 N–H and O–H groups in total. The molecule has 2 heterocycles. The molecule has 0 atom stereocenters. The van der Waals surface area contributed by atoms with Crippen molar-refractivity contribution in [3.63, 3.8) is 0 Å². The molecule has 6 nitrogen and oxygen atoms in total. The highest BCUT2D eigenvalue weighted by Gasteiger charge is 2.22. The summed E-state index contributed by atoms with van der Waals surface area (Å²) in [5, 5.41) is 9.71. The predicted molar refractivity (Wildman–Crippen MR) is 133 cm³/mol. The lowest BCUT2D eigenvalue weighted by Crippen LogP contribution is -2.31. The highest BCUT2D eigenvalue weighted by Crippen LogP contribution is 2.28. The van der Waals surface area contributed by atoms with Gasteiger partial charge in [0.25, 0.3) is 0 Å². The quantitative estimate of drug-likeness (QED) is 0.389. The Hall–Kier alpha value is -3.12. The van der Waals surface area contributed by atoms with Crippen molar-refractivity contribution in [3.8, 4) is 0 Å². The van der Waals surface area contributed by atoms with Crippen LogP contribution in [0.25, 0.3) is 21.8 Å². The zero-order chi connectivity index (χ0) is 21.9. The number of hydrogen-bond acceptors (Lipinski definition) is 5. The molecule has 2 aromatic heterocycles. The summed E-state index contributed by atoms with van der Waals surface area (Å²) >= 11 is 0. The summed E-state index contributed by atoms with van der Waals surface area (Å²) in [5.41, 5.74) is 3.55. The molecule has 32 heavy (non-hydrogen) atoms. The summed E-state index contributed by atoms with van der Waals surface area (Å²) in [5.74, 6) is 2.44. The Morgan fingerprint density at radius 3 is 2.50 bits per heavy atom. The largest absolute Gasteiger partial charge is 0.362 e. The van der Waals surface area contributed by atoms with E-state index in [2.05, 4.69) is 63.1 Å². The van der Waals surface area contributed by atoms with E-state index in [0.717, 1.165) is 54.5 Å². The van der Waals surface area contributed by atoms with Crippen molar-refractivity contribution in [1.82, 2.24) is 20.3 Å². The van der Waals surface area contributed by atoms with Gasteiger partial charge in [0.15, 0.2) is 0 Å². The van der Waals surface area contributed by atoms with Gasteiger partial charge in [0.05, 0.1) is 5.52 Å². The molecule has 1 saturated carbocycles. The molecule has 6 heteroatoms. The lowest BCUT2D eigenvalue weighted by atomic mass is 9.86. The van der Waals surface area contributed by atoms with Crippen molar-refractivity contribution in [3.05, 3.63) is 60.3 Å². The second-order valence-corrected chi connectivity index (χ2v) is 9.13. The summed E-state index contributed by atoms with van der Waals surface area (Å²) in [6.07, 6.45) is 6.91. The number of para-hydroxylation sites is 2. The standard InChI is InChI=1S/C26H32N6/c1-32(2)25-22-8-4-6-10-24(22)30-26(31-25)29-20-13-11-18(12-14-20)15-27-16-19-17-28-23-9-5-3-7-21(19)23/h3-10,17-18,20,27-28H,11-16H2,1-2H3,(H,29,30,31)/t18-,20+. The Morgan fingerprint density at radius 2 is 1.69 bits per heavy atom. The van der Waals surface area contributed by atoms with Crippen LogP contribution in [0.2, 0.25) is 0 Å². The summed E-state index contributed by atoms with van der Waals surface area (Å²) in [6, 6.07) is 17.2. The molecule has 2 aromatic carbocycles. The van der Waals surface area contributed by atoms with Crippen LogP contribution in [0.4, 0.5) is 11.8 Å². The third-order valence-electron chi connectivity index (χ3n) is 6.61. The summed E-state index contributed by atoms with van der Waals surface area (Å²) in [6.45, 7) is 1.99. The van der Waals surface area contributed by atoms with Crippen molar-refractivity contribution in [2.45, 2.75) is 38.3 Å². The number of nitrogens with one attached hydrogen (secondary N) is 3. The second-order valence-electron chi connectivity index (χ2n) is 9.13. The zero-order valence-corrected chi connectivity index (χ0v) is 18.9. The van der Waals surface area contributed by atoms with Gasteiger partial charge in [-0.1, -0.05) is 30.3 Å². The number of H-pyrrole nitrogens is 1. The fourth-order valence-electron chi connectivity index (χ4n) is 4.85. The minimum atomic E-state index is 0.441. The number of aromatic nitrogens is 3. The zero-order valence-electron chi connectivity index (χ0n) is 18.9. The Morgan fingerprint density at radius 1 is 0.938 bits per heavy atom. The lowest BCUT2D eigenvalue weighted by molar-refractivity contribution is 0.324. The summed E-state index contributed by atoms with van der Waals surface area (Å²) < 4.78 is 0. The van der Waals surface area contributed by atoms with Crippen LogP contribution in [0.1, 0.15) is 31.2 Å². The fraction of sp³-hybridized carbons (Fsp3) is 0.385. The van der Waals surface area contributed by atoms with Gasteiger partial charge in [0, 0.05) is 49.2 Å². The molecule has 0 amide bonds. The van der Waals surface area contributed by atoms with Crippen molar-refractivity contribution in [1.29, 1.82) is 0 Å². The van der Waals surface area contributed by atoms with Crippen LogP contribution >= 0.6 is 0 Å². The normalized spacial score (nSPS) is 18.8. The van der Waals surface area contributed by atoms with E-state index in [1.54, 1.807) is 0 Å². The van der Waals surface area contributed by atoms with E-state index in [4.69, 9.17) is 9.97 Å². The van der Waals surface area contributed by atoms with Gasteiger partial charge in [-0.15, -0.1) is 0 Å². The van der Waals surface area contributed by atoms with Crippen LogP contribution in [-0.2, 0) is 6.54 Å². The first-order chi connectivity index (χ1) is 15.7. The van der Waals surface area contributed by atoms with Crippen LogP contribution in [0.5, 0.6) is 0 Å². The summed E-state index contributed by atoms with van der Waals surface area (Å²) in [4.78, 5) is 15.0. The van der Waals surface area contributed by atoms with Gasteiger partial charge in [0.2, 0.25) is 5.95 Å². The van der Waals surface area contributed by atoms with Gasteiger partial charge in [-0.25, -0.2) is 4.98 Å². The first kappa shape index (κ1) is 20.8. The van der Waals surface area contributed by atoms with E-state index in [-0.39, 0.29) is 0 Å². The van der Waals surface area contributed by atoms with Gasteiger partial charge in [-0.2, -0.15) is 4.98 Å². The maximum atomic E-state index is 4.80. The Bertz CT molecular complexity index is 1190. The third-order valence-corrected chi connectivity index (χ3v) is 6.61. The van der Waals surface area contributed by atoms with Crippen LogP contribution in [0.15, 0.2) is 54.7 Å². The minimum absolute atomic E-state index is 0.441. The van der Waals surface area contributed by atoms with E-state index in [9.17, 15) is 0 Å². The molecule has 1 aliphatic rings. The van der Waals surface area contributed by atoms with Crippen molar-refractivity contribution in [2.24, 2.45) is 5.92 Å². The van der Waals surface area contributed by atoms with Crippen LogP contribution in [0.3, 0.4) is 0 Å². The van der Waals surface area contributed by atoms with Crippen molar-refractivity contribution in [2.75, 3.05) is 30.9 Å². The van der Waals surface area contributed by atoms with Gasteiger partial charge in [0.1, 0.15) is 5.82 Å². The van der Waals surface area contributed by atoms with E-state index in [1.807, 2.05) is 26.2 Å². The SMILES string of the molecule is CN(C)c1nc(N[C@H]2CC[C@@H](CNCc3c[nH]c4ccccc34)CC2)nc2ccccc12.